The first-order valence-electron chi connectivity index (χ1n) is 8.60. The van der Waals surface area contributed by atoms with E-state index < -0.39 is 18.0 Å². The second-order valence-electron chi connectivity index (χ2n) is 6.48. The number of hydrogen-bond acceptors (Lipinski definition) is 4. The van der Waals surface area contributed by atoms with E-state index in [0.29, 0.717) is 18.7 Å². The molecule has 1 unspecified atom stereocenters. The number of hydrogen-bond donors (Lipinski definition) is 2. The maximum atomic E-state index is 12.1. The number of carboxylic acids is 2. The van der Waals surface area contributed by atoms with Gasteiger partial charge in [0.2, 0.25) is 0 Å². The third kappa shape index (κ3) is 3.77. The Balaban J connectivity index is 2.03. The molecule has 1 aliphatic heterocycles. The van der Waals surface area contributed by atoms with Crippen LogP contribution >= 0.6 is 15.9 Å². The highest BCUT2D eigenvalue weighted by atomic mass is 79.9. The summed E-state index contributed by atoms with van der Waals surface area (Å²) >= 11 is 3.41. The molecule has 2 heterocycles. The highest BCUT2D eigenvalue weighted by Crippen LogP contribution is 2.32. The molecule has 1 aliphatic rings. The lowest BCUT2D eigenvalue weighted by Crippen LogP contribution is -2.49. The average Bonchev–Trinajstić information content (AvgIpc) is 2.92. The second kappa shape index (κ2) is 7.77. The molecule has 2 N–H and O–H groups in total. The van der Waals surface area contributed by atoms with E-state index in [4.69, 9.17) is 0 Å². The summed E-state index contributed by atoms with van der Waals surface area (Å²) in [4.78, 5) is 27.6. The van der Waals surface area contributed by atoms with Crippen LogP contribution in [0.25, 0.3) is 10.9 Å². The standard InChI is InChI=1S/C18H22BrN3O4/c1-2-20-5-7-21(8-6-20)17(18(25)26)14-10-22(11-16(23)24)15-9-12(19)3-4-13(14)15/h3-4,9-10,17H,2,5-8,11H2,1H3,(H,23,24)(H,25,26). The highest BCUT2D eigenvalue weighted by Gasteiger charge is 2.32. The van der Waals surface area contributed by atoms with Crippen molar-refractivity contribution < 1.29 is 19.8 Å². The van der Waals surface area contributed by atoms with Crippen LogP contribution < -0.4 is 0 Å². The van der Waals surface area contributed by atoms with E-state index in [2.05, 4.69) is 27.8 Å². The van der Waals surface area contributed by atoms with Crippen LogP contribution in [-0.2, 0) is 16.1 Å². The van der Waals surface area contributed by atoms with Crippen LogP contribution in [0.3, 0.4) is 0 Å². The summed E-state index contributed by atoms with van der Waals surface area (Å²) in [6, 6.07) is 4.75. The van der Waals surface area contributed by atoms with Crippen molar-refractivity contribution in [3.8, 4) is 0 Å². The lowest BCUT2D eigenvalue weighted by Gasteiger charge is -2.37. The third-order valence-electron chi connectivity index (χ3n) is 4.93. The van der Waals surface area contributed by atoms with Gasteiger partial charge in [0.1, 0.15) is 12.6 Å². The van der Waals surface area contributed by atoms with Crippen molar-refractivity contribution >= 4 is 38.8 Å². The summed E-state index contributed by atoms with van der Waals surface area (Å²) in [7, 11) is 0. The number of carbonyl (C=O) groups is 2. The summed E-state index contributed by atoms with van der Waals surface area (Å²) in [5.41, 5.74) is 1.36. The van der Waals surface area contributed by atoms with E-state index in [9.17, 15) is 19.8 Å². The van der Waals surface area contributed by atoms with Gasteiger partial charge in [0.05, 0.1) is 5.52 Å². The third-order valence-corrected chi connectivity index (χ3v) is 5.42. The molecule has 1 aromatic heterocycles. The SMILES string of the molecule is CCN1CCN(C(C(=O)O)c2cn(CC(=O)O)c3cc(Br)ccc23)CC1. The Bertz CT molecular complexity index is 827. The van der Waals surface area contributed by atoms with Gasteiger partial charge in [-0.2, -0.15) is 0 Å². The normalized spacial score (nSPS) is 17.5. The fourth-order valence-electron chi connectivity index (χ4n) is 3.61. The zero-order chi connectivity index (χ0) is 18.8. The second-order valence-corrected chi connectivity index (χ2v) is 7.39. The van der Waals surface area contributed by atoms with Crippen molar-refractivity contribution in [1.29, 1.82) is 0 Å². The van der Waals surface area contributed by atoms with E-state index >= 15 is 0 Å². The number of fused-ring (bicyclic) bond motifs is 1. The molecule has 1 aromatic carbocycles. The van der Waals surface area contributed by atoms with Crippen LogP contribution in [-0.4, -0.2) is 69.2 Å². The molecule has 1 atom stereocenters. The fraction of sp³-hybridized carbons (Fsp3) is 0.444. The molecule has 0 saturated carbocycles. The van der Waals surface area contributed by atoms with E-state index in [-0.39, 0.29) is 6.54 Å². The molecular weight excluding hydrogens is 402 g/mol. The van der Waals surface area contributed by atoms with E-state index in [0.717, 1.165) is 35.0 Å². The molecule has 0 aliphatic carbocycles. The van der Waals surface area contributed by atoms with Crippen molar-refractivity contribution in [1.82, 2.24) is 14.4 Å². The highest BCUT2D eigenvalue weighted by molar-refractivity contribution is 9.10. The largest absolute Gasteiger partial charge is 0.480 e. The predicted octanol–water partition coefficient (Wildman–Crippen LogP) is 2.25. The minimum atomic E-state index is -0.961. The zero-order valence-electron chi connectivity index (χ0n) is 14.6. The number of nitrogens with zero attached hydrogens (tertiary/aromatic N) is 3. The average molecular weight is 424 g/mol. The topological polar surface area (TPSA) is 86.0 Å². The van der Waals surface area contributed by atoms with Crippen molar-refractivity contribution in [3.05, 3.63) is 34.4 Å². The van der Waals surface area contributed by atoms with Crippen LogP contribution in [0.5, 0.6) is 0 Å². The molecule has 3 rings (SSSR count). The zero-order valence-corrected chi connectivity index (χ0v) is 16.1. The number of piperazine rings is 1. The minimum Gasteiger partial charge on any atom is -0.480 e. The molecule has 0 bridgehead atoms. The van der Waals surface area contributed by atoms with Crippen molar-refractivity contribution in [3.63, 3.8) is 0 Å². The molecule has 0 amide bonds. The van der Waals surface area contributed by atoms with Gasteiger partial charge < -0.3 is 19.7 Å². The fourth-order valence-corrected chi connectivity index (χ4v) is 3.96. The summed E-state index contributed by atoms with van der Waals surface area (Å²) < 4.78 is 2.43. The minimum absolute atomic E-state index is 0.205. The Morgan fingerprint density at radius 3 is 2.46 bits per heavy atom. The van der Waals surface area contributed by atoms with Crippen LogP contribution in [0.1, 0.15) is 18.5 Å². The number of carboxylic acid groups (broad SMARTS) is 2. The number of likely N-dealkylation sites (N-methyl/N-ethyl adjacent to an activating group) is 1. The molecule has 2 aromatic rings. The van der Waals surface area contributed by atoms with Gasteiger partial charge in [-0.25, -0.2) is 0 Å². The molecular formula is C18H22BrN3O4. The van der Waals surface area contributed by atoms with Gasteiger partial charge in [0.25, 0.3) is 0 Å². The van der Waals surface area contributed by atoms with E-state index in [1.165, 1.54) is 0 Å². The Labute approximate surface area is 159 Å². The monoisotopic (exact) mass is 423 g/mol. The number of halogens is 1. The van der Waals surface area contributed by atoms with Gasteiger partial charge >= 0.3 is 11.9 Å². The first kappa shape index (κ1) is 18.9. The van der Waals surface area contributed by atoms with Gasteiger partial charge in [-0.1, -0.05) is 28.9 Å². The lowest BCUT2D eigenvalue weighted by atomic mass is 10.0. The molecule has 0 spiro atoms. The van der Waals surface area contributed by atoms with Crippen molar-refractivity contribution in [2.45, 2.75) is 19.5 Å². The van der Waals surface area contributed by atoms with Gasteiger partial charge in [0, 0.05) is 47.8 Å². The number of aliphatic carboxylic acids is 2. The summed E-state index contributed by atoms with van der Waals surface area (Å²) in [6.07, 6.45) is 1.68. The first-order valence-corrected chi connectivity index (χ1v) is 9.39. The summed E-state index contributed by atoms with van der Waals surface area (Å²) in [6.45, 7) is 5.86. The molecule has 1 fully saturated rings. The summed E-state index contributed by atoms with van der Waals surface area (Å²) in [5, 5.41) is 19.9. The van der Waals surface area contributed by atoms with Gasteiger partial charge in [-0.3, -0.25) is 14.5 Å². The first-order chi connectivity index (χ1) is 12.4. The Morgan fingerprint density at radius 2 is 1.88 bits per heavy atom. The Hall–Kier alpha value is -1.90. The Kier molecular flexibility index (Phi) is 5.64. The molecule has 0 radical (unpaired) electrons. The molecule has 140 valence electrons. The van der Waals surface area contributed by atoms with Crippen LogP contribution in [0, 0.1) is 0 Å². The molecule has 8 heteroatoms. The summed E-state index contributed by atoms with van der Waals surface area (Å²) in [5.74, 6) is -1.87. The van der Waals surface area contributed by atoms with Gasteiger partial charge in [0.15, 0.2) is 0 Å². The lowest BCUT2D eigenvalue weighted by molar-refractivity contribution is -0.144. The van der Waals surface area contributed by atoms with Gasteiger partial charge in [-0.05, 0) is 18.7 Å². The molecule has 7 nitrogen and oxygen atoms in total. The maximum Gasteiger partial charge on any atom is 0.325 e. The quantitative estimate of drug-likeness (QED) is 0.740. The number of benzene rings is 1. The molecule has 26 heavy (non-hydrogen) atoms. The van der Waals surface area contributed by atoms with Crippen LogP contribution in [0.15, 0.2) is 28.9 Å². The van der Waals surface area contributed by atoms with E-state index in [1.807, 2.05) is 23.1 Å². The van der Waals surface area contributed by atoms with Crippen LogP contribution in [0.4, 0.5) is 0 Å². The van der Waals surface area contributed by atoms with Crippen LogP contribution in [0.2, 0.25) is 0 Å². The smallest absolute Gasteiger partial charge is 0.325 e. The predicted molar refractivity (Wildman–Crippen MR) is 101 cm³/mol. The Morgan fingerprint density at radius 1 is 1.19 bits per heavy atom. The molecule has 1 saturated heterocycles. The number of aromatic nitrogens is 1. The maximum absolute atomic E-state index is 12.1. The number of rotatable bonds is 6. The van der Waals surface area contributed by atoms with Gasteiger partial charge in [-0.15, -0.1) is 0 Å². The van der Waals surface area contributed by atoms with Crippen molar-refractivity contribution in [2.24, 2.45) is 0 Å². The van der Waals surface area contributed by atoms with Crippen molar-refractivity contribution in [2.75, 3.05) is 32.7 Å². The van der Waals surface area contributed by atoms with E-state index in [1.54, 1.807) is 10.8 Å².